The molecule has 3 fully saturated rings. The van der Waals surface area contributed by atoms with Gasteiger partial charge in [-0.05, 0) is 61.0 Å². The first-order valence-electron chi connectivity index (χ1n) is 16.9. The Hall–Kier alpha value is -3.08. The van der Waals surface area contributed by atoms with Crippen molar-refractivity contribution < 1.29 is 24.0 Å². The van der Waals surface area contributed by atoms with Crippen molar-refractivity contribution in [1.82, 2.24) is 20.9 Å². The average Bonchev–Trinajstić information content (AvgIpc) is 3.71. The number of benzene rings is 1. The van der Waals surface area contributed by atoms with Crippen LogP contribution in [0.1, 0.15) is 92.4 Å². The molecule has 2 aliphatic carbocycles. The lowest BCUT2D eigenvalue weighted by Gasteiger charge is -2.40. The van der Waals surface area contributed by atoms with E-state index in [9.17, 15) is 24.0 Å². The molecule has 1 saturated heterocycles. The Morgan fingerprint density at radius 3 is 2.20 bits per heavy atom. The summed E-state index contributed by atoms with van der Waals surface area (Å²) in [6.45, 7) is 10.1. The number of primary amides is 1. The number of likely N-dealkylation sites (tertiary alicyclic amines) is 1. The van der Waals surface area contributed by atoms with Crippen molar-refractivity contribution >= 4 is 41.3 Å². The molecule has 0 aromatic heterocycles. The Morgan fingerprint density at radius 1 is 0.978 bits per heavy atom. The highest BCUT2D eigenvalue weighted by Gasteiger charge is 2.48. The minimum absolute atomic E-state index is 0.0832. The van der Waals surface area contributed by atoms with Crippen LogP contribution in [0.25, 0.3) is 0 Å². The van der Waals surface area contributed by atoms with Crippen LogP contribution in [0.3, 0.4) is 0 Å². The fourth-order valence-electron chi connectivity index (χ4n) is 6.94. The molecule has 5 amide bonds. The van der Waals surface area contributed by atoms with Crippen LogP contribution in [0.5, 0.6) is 0 Å². The maximum absolute atomic E-state index is 14.4. The zero-order chi connectivity index (χ0) is 33.6. The number of urea groups is 1. The molecule has 3 unspecified atom stereocenters. The molecular weight excluding hydrogens is 602 g/mol. The third-order valence-corrected chi connectivity index (χ3v) is 11.1. The normalized spacial score (nSPS) is 22.5. The number of nitrogens with zero attached hydrogens (tertiary/aromatic N) is 1. The predicted molar refractivity (Wildman–Crippen MR) is 180 cm³/mol. The van der Waals surface area contributed by atoms with Crippen molar-refractivity contribution in [3.8, 4) is 0 Å². The molecule has 0 radical (unpaired) electrons. The summed E-state index contributed by atoms with van der Waals surface area (Å²) in [4.78, 5) is 69.1. The summed E-state index contributed by atoms with van der Waals surface area (Å²) in [6, 6.07) is 7.01. The Labute approximate surface area is 278 Å². The number of thioether (sulfide) groups is 1. The molecule has 5 N–H and O–H groups in total. The fraction of sp³-hybridized carbons (Fsp3) is 0.686. The van der Waals surface area contributed by atoms with Crippen molar-refractivity contribution in [2.24, 2.45) is 28.9 Å². The lowest BCUT2D eigenvalue weighted by Crippen LogP contribution is -2.63. The zero-order valence-electron chi connectivity index (χ0n) is 28.1. The topological polar surface area (TPSA) is 151 Å². The lowest BCUT2D eigenvalue weighted by molar-refractivity contribution is -0.144. The van der Waals surface area contributed by atoms with Gasteiger partial charge in [0.2, 0.25) is 17.6 Å². The molecule has 0 bridgehead atoms. The van der Waals surface area contributed by atoms with Gasteiger partial charge in [0, 0.05) is 17.2 Å². The number of carbonyl (C=O) groups excluding carboxylic acids is 5. The fourth-order valence-corrected chi connectivity index (χ4v) is 8.09. The molecule has 11 heteroatoms. The molecule has 1 heterocycles. The van der Waals surface area contributed by atoms with Gasteiger partial charge in [0.05, 0.1) is 11.6 Å². The Morgan fingerprint density at radius 2 is 1.63 bits per heavy atom. The standard InChI is InChI=1S/C35H53N5O5S/c1-22(2)25-16-19-40(27(25)31(43)37-26(20-23-14-15-23)28(41)30(36)42)32(44)29(34(3,4)5)38-33(45)39-35(17-10-7-11-18-35)21-46-24-12-8-6-9-13-24/h6,8-9,12-13,22-23,25-27,29H,7,10-11,14-21H2,1-5H3,(H2,36,42)(H,37,43)(H2,38,39,45)/t25?,26?,27?,29-/m1/s1. The molecule has 1 aliphatic heterocycles. The second kappa shape index (κ2) is 15.2. The first kappa shape index (κ1) is 35.8. The van der Waals surface area contributed by atoms with E-state index in [-0.39, 0.29) is 29.7 Å². The van der Waals surface area contributed by atoms with E-state index in [4.69, 9.17) is 5.73 Å². The van der Waals surface area contributed by atoms with Crippen LogP contribution >= 0.6 is 11.8 Å². The van der Waals surface area contributed by atoms with Gasteiger partial charge in [0.1, 0.15) is 12.1 Å². The van der Waals surface area contributed by atoms with Crippen molar-refractivity contribution in [2.45, 2.75) is 121 Å². The Kier molecular flexibility index (Phi) is 11.8. The van der Waals surface area contributed by atoms with Gasteiger partial charge in [0.15, 0.2) is 0 Å². The monoisotopic (exact) mass is 655 g/mol. The summed E-state index contributed by atoms with van der Waals surface area (Å²) in [7, 11) is 0. The van der Waals surface area contributed by atoms with Crippen LogP contribution in [-0.4, -0.2) is 70.4 Å². The summed E-state index contributed by atoms with van der Waals surface area (Å²) in [5.41, 5.74) is 4.28. The van der Waals surface area contributed by atoms with E-state index in [1.165, 1.54) is 0 Å². The Bertz CT molecular complexity index is 1260. The van der Waals surface area contributed by atoms with E-state index in [2.05, 4.69) is 28.1 Å². The number of rotatable bonds is 13. The van der Waals surface area contributed by atoms with Crippen LogP contribution in [0.2, 0.25) is 0 Å². The number of ketones is 1. The van der Waals surface area contributed by atoms with Gasteiger partial charge >= 0.3 is 6.03 Å². The first-order valence-corrected chi connectivity index (χ1v) is 17.9. The van der Waals surface area contributed by atoms with E-state index in [1.807, 2.05) is 52.8 Å². The number of hydrogen-bond donors (Lipinski definition) is 4. The molecule has 10 nitrogen and oxygen atoms in total. The molecule has 254 valence electrons. The van der Waals surface area contributed by atoms with Crippen molar-refractivity contribution in [2.75, 3.05) is 12.3 Å². The minimum Gasteiger partial charge on any atom is -0.363 e. The second-order valence-corrected chi connectivity index (χ2v) is 16.0. The van der Waals surface area contributed by atoms with Gasteiger partial charge in [-0.1, -0.05) is 84.9 Å². The van der Waals surface area contributed by atoms with Crippen molar-refractivity contribution in [1.29, 1.82) is 0 Å². The predicted octanol–water partition coefficient (Wildman–Crippen LogP) is 4.41. The SMILES string of the molecule is CC(C)C1CCN(C(=O)[C@@H](NC(=O)NC2(CSc3ccccc3)CCCCC2)C(C)(C)C)C1C(=O)NC(CC1CC1)C(=O)C(N)=O. The van der Waals surface area contributed by atoms with E-state index < -0.39 is 46.7 Å². The number of amides is 5. The molecule has 1 aromatic carbocycles. The first-order chi connectivity index (χ1) is 21.7. The van der Waals surface area contributed by atoms with Gasteiger partial charge in [0.25, 0.3) is 5.91 Å². The quantitative estimate of drug-likeness (QED) is 0.183. The summed E-state index contributed by atoms with van der Waals surface area (Å²) in [5, 5.41) is 9.10. The average molecular weight is 656 g/mol. The summed E-state index contributed by atoms with van der Waals surface area (Å²) in [6.07, 6.45) is 7.76. The van der Waals surface area contributed by atoms with E-state index >= 15 is 0 Å². The second-order valence-electron chi connectivity index (χ2n) is 15.0. The van der Waals surface area contributed by atoms with Gasteiger partial charge < -0.3 is 26.6 Å². The maximum atomic E-state index is 14.4. The molecular formula is C35H53N5O5S. The molecule has 4 rings (SSSR count). The third kappa shape index (κ3) is 9.26. The highest BCUT2D eigenvalue weighted by Crippen LogP contribution is 2.37. The Balaban J connectivity index is 1.51. The highest BCUT2D eigenvalue weighted by molar-refractivity contribution is 7.99. The third-order valence-electron chi connectivity index (χ3n) is 9.83. The number of hydrogen-bond acceptors (Lipinski definition) is 6. The molecule has 1 aromatic rings. The summed E-state index contributed by atoms with van der Waals surface area (Å²) in [5.74, 6) is -1.75. The zero-order valence-corrected chi connectivity index (χ0v) is 28.9. The molecule has 46 heavy (non-hydrogen) atoms. The van der Waals surface area contributed by atoms with Gasteiger partial charge in [-0.3, -0.25) is 19.2 Å². The lowest BCUT2D eigenvalue weighted by atomic mass is 9.83. The van der Waals surface area contributed by atoms with Crippen molar-refractivity contribution in [3.05, 3.63) is 30.3 Å². The minimum atomic E-state index is -1.08. The van der Waals surface area contributed by atoms with Gasteiger partial charge in [-0.25, -0.2) is 4.79 Å². The number of carbonyl (C=O) groups is 5. The van der Waals surface area contributed by atoms with Crippen molar-refractivity contribution in [3.63, 3.8) is 0 Å². The van der Waals surface area contributed by atoms with Gasteiger partial charge in [-0.15, -0.1) is 11.8 Å². The molecule has 2 saturated carbocycles. The molecule has 4 atom stereocenters. The van der Waals surface area contributed by atoms with E-state index in [0.29, 0.717) is 19.4 Å². The molecule has 0 spiro atoms. The number of nitrogens with one attached hydrogen (secondary N) is 3. The van der Waals surface area contributed by atoms with E-state index in [1.54, 1.807) is 16.7 Å². The smallest absolute Gasteiger partial charge is 0.315 e. The summed E-state index contributed by atoms with van der Waals surface area (Å²) >= 11 is 1.73. The largest absolute Gasteiger partial charge is 0.363 e. The molecule has 3 aliphatic rings. The van der Waals surface area contributed by atoms with Crippen LogP contribution in [0, 0.1) is 23.2 Å². The van der Waals surface area contributed by atoms with Crippen LogP contribution in [0.15, 0.2) is 35.2 Å². The van der Waals surface area contributed by atoms with Crippen LogP contribution in [-0.2, 0) is 19.2 Å². The maximum Gasteiger partial charge on any atom is 0.315 e. The summed E-state index contributed by atoms with van der Waals surface area (Å²) < 4.78 is 0. The highest BCUT2D eigenvalue weighted by atomic mass is 32.2. The van der Waals surface area contributed by atoms with Crippen LogP contribution in [0.4, 0.5) is 4.79 Å². The number of nitrogens with two attached hydrogens (primary N) is 1. The van der Waals surface area contributed by atoms with E-state index in [0.717, 1.165) is 55.6 Å². The number of Topliss-reactive ketones (excluding diaryl/α,β-unsaturated/α-hetero) is 1. The van der Waals surface area contributed by atoms with Crippen LogP contribution < -0.4 is 21.7 Å². The van der Waals surface area contributed by atoms with Gasteiger partial charge in [-0.2, -0.15) is 0 Å².